The number of rotatable bonds is 3. The highest BCUT2D eigenvalue weighted by Crippen LogP contribution is 2.38. The highest BCUT2D eigenvalue weighted by atomic mass is 19.4. The number of hydrogen-bond donors (Lipinski definition) is 0. The van der Waals surface area contributed by atoms with Gasteiger partial charge in [0.25, 0.3) is 0 Å². The Hall–Kier alpha value is -3.08. The van der Waals surface area contributed by atoms with Gasteiger partial charge in [0, 0.05) is 25.0 Å². The standard InChI is InChI=1S/C21H21F3N4O/c1-13-6-4-7-15(10-13)27(3)20(29)18-8-5-9-28(18)19-16(12-25)17(21(22,23)24)11-14(2)26-19/h4,6-7,10-11,18H,5,8-9H2,1-3H3/t18-/m0/s1. The number of nitriles is 1. The molecule has 3 rings (SSSR count). The van der Waals surface area contributed by atoms with Crippen LogP contribution >= 0.6 is 0 Å². The maximum Gasteiger partial charge on any atom is 0.417 e. The van der Waals surface area contributed by atoms with Gasteiger partial charge in [0.2, 0.25) is 5.91 Å². The van der Waals surface area contributed by atoms with E-state index < -0.39 is 23.3 Å². The number of aromatic nitrogens is 1. The van der Waals surface area contributed by atoms with Crippen LogP contribution in [0.5, 0.6) is 0 Å². The van der Waals surface area contributed by atoms with Gasteiger partial charge >= 0.3 is 6.18 Å². The molecule has 0 bridgehead atoms. The number of carbonyl (C=O) groups excluding carboxylic acids is 1. The molecule has 2 aromatic rings. The molecule has 1 aliphatic heterocycles. The molecular formula is C21H21F3N4O. The van der Waals surface area contributed by atoms with E-state index in [0.717, 1.165) is 11.6 Å². The predicted octanol–water partition coefficient (Wildman–Crippen LogP) is 4.22. The van der Waals surface area contributed by atoms with Crippen molar-refractivity contribution in [2.45, 2.75) is 38.9 Å². The van der Waals surface area contributed by atoms with Gasteiger partial charge in [-0.3, -0.25) is 4.79 Å². The summed E-state index contributed by atoms with van der Waals surface area (Å²) in [4.78, 5) is 20.4. The maximum absolute atomic E-state index is 13.5. The molecule has 1 fully saturated rings. The quantitative estimate of drug-likeness (QED) is 0.771. The second-order valence-electron chi connectivity index (χ2n) is 7.21. The van der Waals surface area contributed by atoms with Crippen molar-refractivity contribution in [3.05, 3.63) is 52.7 Å². The number of likely N-dealkylation sites (N-methyl/N-ethyl adjacent to an activating group) is 1. The second-order valence-corrected chi connectivity index (χ2v) is 7.21. The van der Waals surface area contributed by atoms with Crippen molar-refractivity contribution in [2.24, 2.45) is 0 Å². The Morgan fingerprint density at radius 1 is 1.31 bits per heavy atom. The minimum atomic E-state index is -4.68. The number of carbonyl (C=O) groups is 1. The first-order chi connectivity index (χ1) is 13.6. The van der Waals surface area contributed by atoms with Crippen LogP contribution in [0, 0.1) is 25.2 Å². The predicted molar refractivity (Wildman–Crippen MR) is 104 cm³/mol. The zero-order valence-corrected chi connectivity index (χ0v) is 16.4. The zero-order valence-electron chi connectivity index (χ0n) is 16.4. The van der Waals surface area contributed by atoms with Crippen LogP contribution in [-0.2, 0) is 11.0 Å². The van der Waals surface area contributed by atoms with E-state index in [1.54, 1.807) is 19.2 Å². The largest absolute Gasteiger partial charge is 0.417 e. The van der Waals surface area contributed by atoms with E-state index in [4.69, 9.17) is 0 Å². The van der Waals surface area contributed by atoms with Gasteiger partial charge in [0.15, 0.2) is 0 Å². The average Bonchev–Trinajstić information content (AvgIpc) is 3.15. The van der Waals surface area contributed by atoms with Crippen LogP contribution in [-0.4, -0.2) is 30.5 Å². The van der Waals surface area contributed by atoms with Crippen molar-refractivity contribution >= 4 is 17.4 Å². The third-order valence-electron chi connectivity index (χ3n) is 5.08. The van der Waals surface area contributed by atoms with E-state index >= 15 is 0 Å². The number of halogens is 3. The second kappa shape index (κ2) is 7.74. The monoisotopic (exact) mass is 402 g/mol. The topological polar surface area (TPSA) is 60.2 Å². The van der Waals surface area contributed by atoms with Crippen molar-refractivity contribution in [3.63, 3.8) is 0 Å². The number of hydrogen-bond acceptors (Lipinski definition) is 4. The van der Waals surface area contributed by atoms with Gasteiger partial charge < -0.3 is 9.80 Å². The van der Waals surface area contributed by atoms with E-state index in [9.17, 15) is 23.2 Å². The fraction of sp³-hybridized carbons (Fsp3) is 0.381. The Balaban J connectivity index is 2.00. The minimum Gasteiger partial charge on any atom is -0.343 e. The van der Waals surface area contributed by atoms with E-state index in [1.807, 2.05) is 25.1 Å². The number of aryl methyl sites for hydroxylation is 2. The van der Waals surface area contributed by atoms with Crippen LogP contribution in [0.15, 0.2) is 30.3 Å². The number of nitrogens with zero attached hydrogens (tertiary/aromatic N) is 4. The summed E-state index contributed by atoms with van der Waals surface area (Å²) in [6.07, 6.45) is -3.57. The number of amides is 1. The average molecular weight is 402 g/mol. The first-order valence-corrected chi connectivity index (χ1v) is 9.23. The fourth-order valence-electron chi connectivity index (χ4n) is 3.66. The summed E-state index contributed by atoms with van der Waals surface area (Å²) in [6.45, 7) is 3.73. The summed E-state index contributed by atoms with van der Waals surface area (Å²) in [7, 11) is 1.64. The molecule has 0 saturated carbocycles. The Morgan fingerprint density at radius 2 is 2.03 bits per heavy atom. The van der Waals surface area contributed by atoms with Gasteiger partial charge in [0.1, 0.15) is 23.5 Å². The molecule has 0 N–H and O–H groups in total. The van der Waals surface area contributed by atoms with Gasteiger partial charge in [-0.25, -0.2) is 4.98 Å². The molecule has 0 unspecified atom stereocenters. The number of anilines is 2. The molecule has 0 radical (unpaired) electrons. The SMILES string of the molecule is Cc1cccc(N(C)C(=O)[C@@H]2CCCN2c2nc(C)cc(C(F)(F)F)c2C#N)c1. The smallest absolute Gasteiger partial charge is 0.343 e. The molecule has 5 nitrogen and oxygen atoms in total. The molecule has 2 heterocycles. The van der Waals surface area contributed by atoms with Gasteiger partial charge in [-0.1, -0.05) is 12.1 Å². The zero-order chi connectivity index (χ0) is 21.3. The minimum absolute atomic E-state index is 0.0756. The molecule has 1 aromatic carbocycles. The van der Waals surface area contributed by atoms with Crippen LogP contribution < -0.4 is 9.80 Å². The Bertz CT molecular complexity index is 981. The first-order valence-electron chi connectivity index (χ1n) is 9.23. The first kappa shape index (κ1) is 20.6. The van der Waals surface area contributed by atoms with Gasteiger partial charge in [-0.15, -0.1) is 0 Å². The summed E-state index contributed by atoms with van der Waals surface area (Å²) in [5, 5.41) is 9.44. The Morgan fingerprint density at radius 3 is 2.66 bits per heavy atom. The lowest BCUT2D eigenvalue weighted by atomic mass is 10.1. The molecule has 1 aromatic heterocycles. The van der Waals surface area contributed by atoms with E-state index in [1.165, 1.54) is 16.7 Å². The molecule has 1 atom stereocenters. The molecule has 1 aliphatic rings. The normalized spacial score (nSPS) is 16.6. The van der Waals surface area contributed by atoms with Crippen molar-refractivity contribution in [1.82, 2.24) is 4.98 Å². The van der Waals surface area contributed by atoms with Crippen LogP contribution in [0.25, 0.3) is 0 Å². The lowest BCUT2D eigenvalue weighted by Crippen LogP contribution is -2.45. The van der Waals surface area contributed by atoms with Gasteiger partial charge in [-0.2, -0.15) is 18.4 Å². The molecular weight excluding hydrogens is 381 g/mol. The number of benzene rings is 1. The van der Waals surface area contributed by atoms with Crippen molar-refractivity contribution in [2.75, 3.05) is 23.4 Å². The lowest BCUT2D eigenvalue weighted by molar-refractivity contribution is -0.137. The lowest BCUT2D eigenvalue weighted by Gasteiger charge is -2.30. The molecule has 1 amide bonds. The van der Waals surface area contributed by atoms with Gasteiger partial charge in [-0.05, 0) is 50.5 Å². The van der Waals surface area contributed by atoms with Crippen LogP contribution in [0.3, 0.4) is 0 Å². The Labute approximate surface area is 167 Å². The third kappa shape index (κ3) is 4.04. The van der Waals surface area contributed by atoms with Crippen molar-refractivity contribution < 1.29 is 18.0 Å². The summed E-state index contributed by atoms with van der Waals surface area (Å²) >= 11 is 0. The highest BCUT2D eigenvalue weighted by molar-refractivity contribution is 5.99. The highest BCUT2D eigenvalue weighted by Gasteiger charge is 2.40. The van der Waals surface area contributed by atoms with E-state index in [2.05, 4.69) is 4.98 Å². The summed E-state index contributed by atoms with van der Waals surface area (Å²) in [5.41, 5.74) is 0.285. The summed E-state index contributed by atoms with van der Waals surface area (Å²) in [5.74, 6) is -0.317. The van der Waals surface area contributed by atoms with E-state index in [0.29, 0.717) is 25.1 Å². The Kier molecular flexibility index (Phi) is 5.51. The maximum atomic E-state index is 13.5. The van der Waals surface area contributed by atoms with Crippen LogP contribution in [0.1, 0.15) is 35.2 Å². The fourth-order valence-corrected chi connectivity index (χ4v) is 3.66. The molecule has 0 spiro atoms. The molecule has 0 aliphatic carbocycles. The van der Waals surface area contributed by atoms with E-state index in [-0.39, 0.29) is 17.4 Å². The summed E-state index contributed by atoms with van der Waals surface area (Å²) in [6, 6.07) is 9.27. The van der Waals surface area contributed by atoms with Crippen LogP contribution in [0.4, 0.5) is 24.7 Å². The van der Waals surface area contributed by atoms with Crippen molar-refractivity contribution in [3.8, 4) is 6.07 Å². The molecule has 152 valence electrons. The number of alkyl halides is 3. The number of pyridine rings is 1. The van der Waals surface area contributed by atoms with Crippen LogP contribution in [0.2, 0.25) is 0 Å². The van der Waals surface area contributed by atoms with Crippen molar-refractivity contribution in [1.29, 1.82) is 5.26 Å². The molecule has 8 heteroatoms. The third-order valence-corrected chi connectivity index (χ3v) is 5.08. The van der Waals surface area contributed by atoms with Gasteiger partial charge in [0.05, 0.1) is 5.56 Å². The molecule has 1 saturated heterocycles. The molecule has 29 heavy (non-hydrogen) atoms. The summed E-state index contributed by atoms with van der Waals surface area (Å²) < 4.78 is 40.4.